The van der Waals surface area contributed by atoms with Gasteiger partial charge in [-0.3, -0.25) is 9.36 Å². The number of thiazole rings is 1. The van der Waals surface area contributed by atoms with Crippen LogP contribution >= 0.6 is 11.3 Å². The molecule has 0 aliphatic heterocycles. The Hall–Kier alpha value is -3.12. The van der Waals surface area contributed by atoms with Gasteiger partial charge in [-0.25, -0.2) is 9.78 Å². The predicted molar refractivity (Wildman–Crippen MR) is 95.9 cm³/mol. The molecule has 0 amide bonds. The van der Waals surface area contributed by atoms with E-state index >= 15 is 0 Å². The van der Waals surface area contributed by atoms with E-state index in [0.717, 1.165) is 11.3 Å². The number of hydrogen-bond acceptors (Lipinski definition) is 8. The van der Waals surface area contributed by atoms with Gasteiger partial charge in [0.05, 0.1) is 6.61 Å². The number of nitriles is 1. The highest BCUT2D eigenvalue weighted by Crippen LogP contribution is 2.05. The van der Waals surface area contributed by atoms with E-state index in [-0.39, 0.29) is 22.4 Å². The van der Waals surface area contributed by atoms with Crippen LogP contribution in [-0.2, 0) is 16.1 Å². The minimum atomic E-state index is -0.745. The smallest absolute Gasteiger partial charge is 0.351 e. The Bertz CT molecular complexity index is 1000. The zero-order chi connectivity index (χ0) is 18.4. The fraction of sp³-hybridized carbons (Fsp3) is 0.250. The summed E-state index contributed by atoms with van der Waals surface area (Å²) in [5, 5.41) is 12.2. The van der Waals surface area contributed by atoms with Gasteiger partial charge in [0, 0.05) is 12.7 Å². The van der Waals surface area contributed by atoms with E-state index in [0.29, 0.717) is 22.7 Å². The molecule has 0 atom stereocenters. The van der Waals surface area contributed by atoms with Crippen molar-refractivity contribution in [1.29, 1.82) is 5.26 Å². The van der Waals surface area contributed by atoms with E-state index in [2.05, 4.69) is 10.3 Å². The Morgan fingerprint density at radius 2 is 2.28 bits per heavy atom. The van der Waals surface area contributed by atoms with E-state index in [1.807, 2.05) is 6.07 Å². The lowest BCUT2D eigenvalue weighted by atomic mass is 10.3. The number of esters is 1. The summed E-state index contributed by atoms with van der Waals surface area (Å²) >= 11 is 1.03. The molecule has 0 saturated carbocycles. The third-order valence-electron chi connectivity index (χ3n) is 3.15. The quantitative estimate of drug-likeness (QED) is 0.720. The van der Waals surface area contributed by atoms with Crippen molar-refractivity contribution >= 4 is 40.7 Å². The first-order chi connectivity index (χ1) is 12.0. The van der Waals surface area contributed by atoms with Gasteiger partial charge in [-0.05, 0) is 26.0 Å². The maximum atomic E-state index is 12.5. The number of nitrogens with two attached hydrogens (primary N) is 1. The average molecular weight is 359 g/mol. The number of anilines is 2. The average Bonchev–Trinajstić information content (AvgIpc) is 2.89. The molecule has 9 heteroatoms. The lowest BCUT2D eigenvalue weighted by molar-refractivity contribution is -0.136. The van der Waals surface area contributed by atoms with Crippen LogP contribution in [-0.4, -0.2) is 22.1 Å². The van der Waals surface area contributed by atoms with Crippen LogP contribution < -0.4 is 25.8 Å². The molecule has 2 aromatic rings. The lowest BCUT2D eigenvalue weighted by Gasteiger charge is -2.00. The van der Waals surface area contributed by atoms with Crippen LogP contribution in [0.15, 0.2) is 23.0 Å². The first kappa shape index (κ1) is 18.2. The largest absolute Gasteiger partial charge is 0.462 e. The van der Waals surface area contributed by atoms with Gasteiger partial charge in [0.1, 0.15) is 26.9 Å². The summed E-state index contributed by atoms with van der Waals surface area (Å²) in [4.78, 5) is 28.5. The second kappa shape index (κ2) is 8.12. The van der Waals surface area contributed by atoms with Crippen molar-refractivity contribution in [3.8, 4) is 6.07 Å². The number of nitrogens with one attached hydrogen (secondary N) is 1. The molecule has 8 nitrogen and oxygen atoms in total. The molecule has 0 fully saturated rings. The van der Waals surface area contributed by atoms with Gasteiger partial charge in [-0.15, -0.1) is 11.3 Å². The van der Waals surface area contributed by atoms with Gasteiger partial charge < -0.3 is 15.8 Å². The van der Waals surface area contributed by atoms with Crippen LogP contribution in [0.2, 0.25) is 0 Å². The minimum absolute atomic E-state index is 0.146. The van der Waals surface area contributed by atoms with Crippen molar-refractivity contribution in [2.75, 3.05) is 17.7 Å². The zero-order valence-electron chi connectivity index (χ0n) is 13.8. The topological polar surface area (TPSA) is 123 Å². The molecule has 0 spiro atoms. The molecular formula is C16H17N5O3S. The number of aromatic nitrogens is 2. The highest BCUT2D eigenvalue weighted by molar-refractivity contribution is 7.07. The molecule has 130 valence electrons. The minimum Gasteiger partial charge on any atom is -0.462 e. The van der Waals surface area contributed by atoms with Crippen LogP contribution in [0.5, 0.6) is 0 Å². The van der Waals surface area contributed by atoms with E-state index in [1.165, 1.54) is 10.8 Å². The number of rotatable bonds is 5. The Morgan fingerprint density at radius 3 is 2.88 bits per heavy atom. The molecule has 0 unspecified atom stereocenters. The summed E-state index contributed by atoms with van der Waals surface area (Å²) in [6.07, 6.45) is 1.48. The Labute approximate surface area is 147 Å². The second-order valence-electron chi connectivity index (χ2n) is 4.76. The first-order valence-electron chi connectivity index (χ1n) is 7.52. The molecule has 0 saturated heterocycles. The number of nitrogen functional groups attached to an aromatic ring is 1. The maximum absolute atomic E-state index is 12.5. The number of hydrogen-bond donors (Lipinski definition) is 2. The van der Waals surface area contributed by atoms with Crippen LogP contribution in [0.4, 0.5) is 11.6 Å². The third-order valence-corrected chi connectivity index (χ3v) is 4.28. The fourth-order valence-electron chi connectivity index (χ4n) is 2.05. The van der Waals surface area contributed by atoms with Gasteiger partial charge in [0.2, 0.25) is 0 Å². The van der Waals surface area contributed by atoms with Gasteiger partial charge in [-0.1, -0.05) is 6.07 Å². The molecule has 0 aliphatic carbocycles. The molecule has 3 N–H and O–H groups in total. The molecular weight excluding hydrogens is 342 g/mol. The van der Waals surface area contributed by atoms with Crippen molar-refractivity contribution in [3.05, 3.63) is 37.7 Å². The van der Waals surface area contributed by atoms with Gasteiger partial charge in [0.25, 0.3) is 5.56 Å². The van der Waals surface area contributed by atoms with Crippen LogP contribution in [0.1, 0.15) is 13.8 Å². The van der Waals surface area contributed by atoms with Crippen molar-refractivity contribution < 1.29 is 9.53 Å². The standard InChI is InChI=1S/C16H17N5O3S/c1-3-21-14(22)11(9-19-13-7-5-6-12(18)20-13)25-15(21)10(8-17)16(23)24-4-2/h5-7,9H,3-4H2,1-2H3,(H3,18,19,20). The number of pyridine rings is 1. The molecule has 25 heavy (non-hydrogen) atoms. The number of ether oxygens (including phenoxy) is 1. The molecule has 2 aromatic heterocycles. The highest BCUT2D eigenvalue weighted by Gasteiger charge is 2.16. The highest BCUT2D eigenvalue weighted by atomic mass is 32.1. The molecule has 2 heterocycles. The Balaban J connectivity index is 2.58. The van der Waals surface area contributed by atoms with Crippen LogP contribution in [0.25, 0.3) is 11.8 Å². The summed E-state index contributed by atoms with van der Waals surface area (Å²) in [5.41, 5.74) is 5.11. The van der Waals surface area contributed by atoms with E-state index in [1.54, 1.807) is 32.0 Å². The first-order valence-corrected chi connectivity index (χ1v) is 8.33. The monoisotopic (exact) mass is 359 g/mol. The van der Waals surface area contributed by atoms with Crippen molar-refractivity contribution in [2.24, 2.45) is 0 Å². The van der Waals surface area contributed by atoms with E-state index in [4.69, 9.17) is 10.5 Å². The summed E-state index contributed by atoms with van der Waals surface area (Å²) in [6.45, 7) is 3.87. The number of carbonyl (C=O) groups excluding carboxylic acids is 1. The van der Waals surface area contributed by atoms with Gasteiger partial charge >= 0.3 is 5.97 Å². The number of carbonyl (C=O) groups is 1. The maximum Gasteiger partial charge on any atom is 0.351 e. The van der Waals surface area contributed by atoms with Crippen molar-refractivity contribution in [2.45, 2.75) is 20.4 Å². The van der Waals surface area contributed by atoms with Crippen LogP contribution in [0.3, 0.4) is 0 Å². The van der Waals surface area contributed by atoms with Crippen LogP contribution in [0, 0.1) is 11.3 Å². The molecule has 0 radical (unpaired) electrons. The molecule has 0 aromatic carbocycles. The Kier molecular flexibility index (Phi) is 5.92. The molecule has 0 bridgehead atoms. The van der Waals surface area contributed by atoms with E-state index < -0.39 is 5.97 Å². The van der Waals surface area contributed by atoms with Crippen molar-refractivity contribution in [1.82, 2.24) is 9.55 Å². The predicted octanol–water partition coefficient (Wildman–Crippen LogP) is -0.00562. The summed E-state index contributed by atoms with van der Waals surface area (Å²) < 4.78 is 6.84. The zero-order valence-corrected chi connectivity index (χ0v) is 14.6. The van der Waals surface area contributed by atoms with Gasteiger partial charge in [-0.2, -0.15) is 5.26 Å². The third kappa shape index (κ3) is 4.05. The fourth-order valence-corrected chi connectivity index (χ4v) is 3.12. The summed E-state index contributed by atoms with van der Waals surface area (Å²) in [5.74, 6) is 0.0800. The van der Waals surface area contributed by atoms with Crippen molar-refractivity contribution in [3.63, 3.8) is 0 Å². The lowest BCUT2D eigenvalue weighted by Crippen LogP contribution is -2.32. The summed E-state index contributed by atoms with van der Waals surface area (Å²) in [7, 11) is 0. The molecule has 2 rings (SSSR count). The number of nitrogens with zero attached hydrogens (tertiary/aromatic N) is 3. The molecule has 0 aliphatic rings. The normalized spacial score (nSPS) is 12.4. The second-order valence-corrected chi connectivity index (χ2v) is 5.80. The van der Waals surface area contributed by atoms with Gasteiger partial charge in [0.15, 0.2) is 5.57 Å². The Morgan fingerprint density at radius 1 is 1.52 bits per heavy atom. The SMILES string of the molecule is CCOC(=O)C(C#N)=c1sc(=CNc2cccc(N)n2)c(=O)n1CC. The van der Waals surface area contributed by atoms with E-state index in [9.17, 15) is 14.9 Å². The summed E-state index contributed by atoms with van der Waals surface area (Å²) in [6, 6.07) is 6.90.